The van der Waals surface area contributed by atoms with E-state index in [2.05, 4.69) is 5.11 Å². The molecule has 3 heteroatoms. The Bertz CT molecular complexity index is 216. The van der Waals surface area contributed by atoms with E-state index in [1.54, 1.807) is 0 Å². The Labute approximate surface area is 53.3 Å². The average molecular weight is 127 g/mol. The lowest BCUT2D eigenvalue weighted by Crippen LogP contribution is -1.66. The maximum atomic E-state index is 8.80. The van der Waals surface area contributed by atoms with E-state index in [1.807, 2.05) is 0 Å². The van der Waals surface area contributed by atoms with Gasteiger partial charge in [-0.1, -0.05) is 0 Å². The first-order valence-corrected chi connectivity index (χ1v) is 2.38. The summed E-state index contributed by atoms with van der Waals surface area (Å²) in [4.78, 5) is 0. The Kier molecular flexibility index (Phi) is 0.926. The highest BCUT2D eigenvalue weighted by Gasteiger charge is 1.94. The first-order valence-electron chi connectivity index (χ1n) is 2.79. The van der Waals surface area contributed by atoms with Gasteiger partial charge in [-0.3, -0.25) is 0 Å². The molecule has 0 bridgehead atoms. The van der Waals surface area contributed by atoms with Crippen molar-refractivity contribution in [1.82, 2.24) is 0 Å². The van der Waals surface area contributed by atoms with Gasteiger partial charge in [-0.05, 0) is 0 Å². The monoisotopic (exact) mass is 127 g/mol. The van der Waals surface area contributed by atoms with Crippen molar-refractivity contribution in [3.63, 3.8) is 0 Å². The Hall–Kier alpha value is -1.38. The molecule has 3 N–H and O–H groups in total. The Morgan fingerprint density at radius 2 is 1.44 bits per heavy atom. The summed E-state index contributed by atoms with van der Waals surface area (Å²) in [5.74, 6) is -0.137. The van der Waals surface area contributed by atoms with Crippen LogP contribution in [-0.2, 0) is 0 Å². The van der Waals surface area contributed by atoms with Crippen molar-refractivity contribution < 1.29 is 15.3 Å². The summed E-state index contributed by atoms with van der Waals surface area (Å²) in [5, 5.41) is 21.6. The molecule has 1 aromatic rings. The van der Waals surface area contributed by atoms with Crippen LogP contribution in [0.25, 0.3) is 0 Å². The van der Waals surface area contributed by atoms with Gasteiger partial charge >= 0.3 is 0 Å². The van der Waals surface area contributed by atoms with Crippen molar-refractivity contribution in [3.8, 4) is 17.2 Å². The lowest BCUT2D eigenvalue weighted by molar-refractivity contribution is 0.428. The SMILES string of the molecule is [2H]Oc1cc(O)cc(O)c1. The van der Waals surface area contributed by atoms with Crippen molar-refractivity contribution in [2.45, 2.75) is 0 Å². The van der Waals surface area contributed by atoms with Crippen molar-refractivity contribution >= 4 is 0 Å². The smallest absolute Gasteiger partial charge is 0.293 e. The number of benzene rings is 1. The van der Waals surface area contributed by atoms with Gasteiger partial charge < -0.3 is 15.3 Å². The maximum absolute atomic E-state index is 8.80. The average Bonchev–Trinajstić information content (AvgIpc) is 1.85. The third-order valence-electron chi connectivity index (χ3n) is 0.876. The molecule has 0 aliphatic rings. The second-order valence-electron chi connectivity index (χ2n) is 1.69. The molecule has 0 saturated heterocycles. The van der Waals surface area contributed by atoms with Crippen molar-refractivity contribution in [1.29, 1.82) is 1.43 Å². The quantitative estimate of drug-likeness (QED) is 0.523. The van der Waals surface area contributed by atoms with Crippen LogP contribution in [0.2, 0.25) is 0 Å². The van der Waals surface area contributed by atoms with Crippen LogP contribution >= 0.6 is 0 Å². The predicted molar refractivity (Wildman–Crippen MR) is 31.4 cm³/mol. The maximum Gasteiger partial charge on any atom is 0.293 e. The highest BCUT2D eigenvalue weighted by atomic mass is 16.3. The van der Waals surface area contributed by atoms with Gasteiger partial charge in [0.05, 0.1) is 0 Å². The first-order chi connectivity index (χ1) is 4.72. The lowest BCUT2D eigenvalue weighted by Gasteiger charge is -1.94. The van der Waals surface area contributed by atoms with Crippen molar-refractivity contribution in [2.24, 2.45) is 0 Å². The van der Waals surface area contributed by atoms with Crippen LogP contribution in [-0.4, -0.2) is 16.8 Å². The molecule has 0 aliphatic heterocycles. The van der Waals surface area contributed by atoms with Gasteiger partial charge in [0, 0.05) is 18.2 Å². The van der Waals surface area contributed by atoms with Gasteiger partial charge in [0.1, 0.15) is 17.2 Å². The second-order valence-corrected chi connectivity index (χ2v) is 1.69. The zero-order valence-corrected chi connectivity index (χ0v) is 4.53. The zero-order chi connectivity index (χ0) is 7.56. The number of phenols is 3. The normalized spacial score (nSPS) is 10.4. The standard InChI is InChI=1S/C6H6O3/c7-4-1-5(8)3-6(9)2-4/h1-3,7-9H/i/hD. The minimum atomic E-state index is -0.123. The Balaban J connectivity index is 3.06. The molecule has 0 radical (unpaired) electrons. The van der Waals surface area contributed by atoms with Gasteiger partial charge in [0.25, 0.3) is 1.43 Å². The van der Waals surface area contributed by atoms with Crippen LogP contribution < -0.4 is 0 Å². The molecule has 48 valence electrons. The minimum absolute atomic E-state index is 0.109. The van der Waals surface area contributed by atoms with Crippen LogP contribution in [0.1, 0.15) is 0 Å². The summed E-state index contributed by atoms with van der Waals surface area (Å²) in [6.45, 7) is 0. The van der Waals surface area contributed by atoms with Gasteiger partial charge in [-0.15, -0.1) is 0 Å². The third kappa shape index (κ3) is 1.25. The van der Waals surface area contributed by atoms with E-state index in [0.29, 0.717) is 0 Å². The molecular weight excluding hydrogens is 120 g/mol. The van der Waals surface area contributed by atoms with Gasteiger partial charge in [0.2, 0.25) is 0 Å². The number of hydrogen-bond acceptors (Lipinski definition) is 3. The Morgan fingerprint density at radius 3 is 1.89 bits per heavy atom. The molecule has 3 nitrogen and oxygen atoms in total. The molecule has 0 saturated carbocycles. The first kappa shape index (κ1) is 4.49. The van der Waals surface area contributed by atoms with E-state index in [1.165, 1.54) is 12.1 Å². The molecule has 0 unspecified atom stereocenters. The molecule has 0 spiro atoms. The molecule has 0 fully saturated rings. The molecule has 0 atom stereocenters. The van der Waals surface area contributed by atoms with Gasteiger partial charge in [-0.25, -0.2) is 0 Å². The summed E-state index contributed by atoms with van der Waals surface area (Å²) in [6, 6.07) is 3.61. The van der Waals surface area contributed by atoms with E-state index >= 15 is 0 Å². The Morgan fingerprint density at radius 1 is 1.00 bits per heavy atom. The van der Waals surface area contributed by atoms with E-state index in [4.69, 9.17) is 11.6 Å². The highest BCUT2D eigenvalue weighted by molar-refractivity contribution is 5.39. The molecule has 1 aromatic carbocycles. The second kappa shape index (κ2) is 1.85. The third-order valence-corrected chi connectivity index (χ3v) is 0.876. The number of phenolic OH excluding ortho intramolecular Hbond substituents is 3. The van der Waals surface area contributed by atoms with Gasteiger partial charge in [-0.2, -0.15) is 0 Å². The fourth-order valence-electron chi connectivity index (χ4n) is 0.568. The summed E-state index contributed by atoms with van der Waals surface area (Å²) in [6.07, 6.45) is 0. The zero-order valence-electron chi connectivity index (χ0n) is 5.53. The number of aromatic hydroxyl groups is 3. The topological polar surface area (TPSA) is 60.7 Å². The fraction of sp³-hybridized carbons (Fsp3) is 0. The lowest BCUT2D eigenvalue weighted by atomic mass is 10.3. The largest absolute Gasteiger partial charge is 0.508 e. The summed E-state index contributed by atoms with van der Waals surface area (Å²) >= 11 is 0. The summed E-state index contributed by atoms with van der Waals surface area (Å²) in [7, 11) is 0. The summed E-state index contributed by atoms with van der Waals surface area (Å²) in [5.41, 5.74) is 0. The molecule has 0 aromatic heterocycles. The molecule has 0 amide bonds. The van der Waals surface area contributed by atoms with Crippen molar-refractivity contribution in [3.05, 3.63) is 18.2 Å². The fourth-order valence-corrected chi connectivity index (χ4v) is 0.568. The van der Waals surface area contributed by atoms with Crippen LogP contribution in [0, 0.1) is 0 Å². The molecule has 0 aliphatic carbocycles. The van der Waals surface area contributed by atoms with E-state index < -0.39 is 0 Å². The van der Waals surface area contributed by atoms with Crippen molar-refractivity contribution in [2.75, 3.05) is 0 Å². The molecule has 0 heterocycles. The van der Waals surface area contributed by atoms with E-state index in [0.717, 1.165) is 6.07 Å². The van der Waals surface area contributed by atoms with E-state index in [9.17, 15) is 0 Å². The predicted octanol–water partition coefficient (Wildman–Crippen LogP) is 0.803. The summed E-state index contributed by atoms with van der Waals surface area (Å²) < 4.78 is 6.41. The molecular formula is C6H6O3. The minimum Gasteiger partial charge on any atom is -0.508 e. The van der Waals surface area contributed by atoms with Gasteiger partial charge in [0.15, 0.2) is 0 Å². The van der Waals surface area contributed by atoms with Crippen LogP contribution in [0.3, 0.4) is 0 Å². The van der Waals surface area contributed by atoms with E-state index in [-0.39, 0.29) is 17.2 Å². The van der Waals surface area contributed by atoms with Crippen LogP contribution in [0.15, 0.2) is 18.2 Å². The molecule has 1 rings (SSSR count). The van der Waals surface area contributed by atoms with Crippen LogP contribution in [0.4, 0.5) is 0 Å². The number of rotatable bonds is 1. The highest BCUT2D eigenvalue weighted by Crippen LogP contribution is 2.23. The molecule has 9 heavy (non-hydrogen) atoms. The van der Waals surface area contributed by atoms with Crippen LogP contribution in [0.5, 0.6) is 17.2 Å². The number of hydrogen-bond donors (Lipinski definition) is 3.